The maximum atomic E-state index is 12.8. The molecule has 9 nitrogen and oxygen atoms in total. The van der Waals surface area contributed by atoms with Gasteiger partial charge >= 0.3 is 0 Å². The first-order chi connectivity index (χ1) is 13.8. The van der Waals surface area contributed by atoms with Crippen LogP contribution in [0.4, 0.5) is 5.69 Å². The number of anilines is 1. The summed E-state index contributed by atoms with van der Waals surface area (Å²) in [5.41, 5.74) is 1.09. The Balaban J connectivity index is 1.71. The lowest BCUT2D eigenvalue weighted by atomic mass is 10.2. The van der Waals surface area contributed by atoms with Crippen molar-refractivity contribution in [3.63, 3.8) is 0 Å². The lowest BCUT2D eigenvalue weighted by Gasteiger charge is -2.26. The van der Waals surface area contributed by atoms with Crippen molar-refractivity contribution in [2.45, 2.75) is 11.8 Å². The summed E-state index contributed by atoms with van der Waals surface area (Å²) in [5.74, 6) is -0.739. The summed E-state index contributed by atoms with van der Waals surface area (Å²) >= 11 is 0. The zero-order chi connectivity index (χ0) is 21.0. The second kappa shape index (κ2) is 8.76. The van der Waals surface area contributed by atoms with Crippen molar-refractivity contribution >= 4 is 27.5 Å². The highest BCUT2D eigenvalue weighted by molar-refractivity contribution is 7.89. The first-order valence-electron chi connectivity index (χ1n) is 9.06. The zero-order valence-electron chi connectivity index (χ0n) is 16.3. The molecule has 1 aromatic carbocycles. The van der Waals surface area contributed by atoms with Crippen molar-refractivity contribution in [3.8, 4) is 0 Å². The number of rotatable bonds is 6. The van der Waals surface area contributed by atoms with Crippen molar-refractivity contribution in [1.29, 1.82) is 0 Å². The number of carbonyl (C=O) groups is 2. The normalized spacial score (nSPS) is 15.1. The average Bonchev–Trinajstić information content (AvgIpc) is 3.24. The molecule has 156 valence electrons. The Kier molecular flexibility index (Phi) is 6.36. The van der Waals surface area contributed by atoms with Crippen molar-refractivity contribution in [2.24, 2.45) is 0 Å². The van der Waals surface area contributed by atoms with Gasteiger partial charge in [0.1, 0.15) is 0 Å². The SMILES string of the molecule is Cc1ccc(S(=O)(=O)N2CCOCC2)cc1NC(=O)CN(C)C(=O)c1ccco1. The van der Waals surface area contributed by atoms with Crippen LogP contribution in [0.15, 0.2) is 45.9 Å². The second-order valence-corrected chi connectivity index (χ2v) is 8.62. The van der Waals surface area contributed by atoms with Crippen LogP contribution >= 0.6 is 0 Å². The Labute approximate surface area is 169 Å². The number of likely N-dealkylation sites (N-methyl/N-ethyl adjacent to an activating group) is 1. The lowest BCUT2D eigenvalue weighted by Crippen LogP contribution is -2.40. The molecule has 0 spiro atoms. The molecule has 1 fully saturated rings. The van der Waals surface area contributed by atoms with Crippen molar-refractivity contribution in [2.75, 3.05) is 45.2 Å². The number of sulfonamides is 1. The van der Waals surface area contributed by atoms with Crippen molar-refractivity contribution in [3.05, 3.63) is 47.9 Å². The van der Waals surface area contributed by atoms with E-state index in [1.54, 1.807) is 19.1 Å². The van der Waals surface area contributed by atoms with E-state index in [1.807, 2.05) is 0 Å². The first kappa shape index (κ1) is 21.0. The van der Waals surface area contributed by atoms with Crippen LogP contribution in [0.3, 0.4) is 0 Å². The number of hydrogen-bond acceptors (Lipinski definition) is 6. The van der Waals surface area contributed by atoms with Gasteiger partial charge in [0.2, 0.25) is 15.9 Å². The second-order valence-electron chi connectivity index (χ2n) is 6.68. The van der Waals surface area contributed by atoms with Gasteiger partial charge in [0.05, 0.1) is 30.9 Å². The fraction of sp³-hybridized carbons (Fsp3) is 0.368. The maximum absolute atomic E-state index is 12.8. The topological polar surface area (TPSA) is 109 Å². The summed E-state index contributed by atoms with van der Waals surface area (Å²) in [6.45, 7) is 2.84. The minimum absolute atomic E-state index is 0.0975. The van der Waals surface area contributed by atoms with E-state index in [2.05, 4.69) is 5.32 Å². The highest BCUT2D eigenvalue weighted by Gasteiger charge is 2.27. The predicted octanol–water partition coefficient (Wildman–Crippen LogP) is 1.32. The summed E-state index contributed by atoms with van der Waals surface area (Å²) < 4.78 is 37.3. The summed E-state index contributed by atoms with van der Waals surface area (Å²) in [6.07, 6.45) is 1.38. The third-order valence-electron chi connectivity index (χ3n) is 4.55. The van der Waals surface area contributed by atoms with Gasteiger partial charge in [-0.2, -0.15) is 4.31 Å². The minimum atomic E-state index is -3.68. The van der Waals surface area contributed by atoms with E-state index in [-0.39, 0.29) is 30.3 Å². The maximum Gasteiger partial charge on any atom is 0.289 e. The van der Waals surface area contributed by atoms with Crippen LogP contribution in [0.2, 0.25) is 0 Å². The largest absolute Gasteiger partial charge is 0.459 e. The Morgan fingerprint density at radius 1 is 1.21 bits per heavy atom. The van der Waals surface area contributed by atoms with Gasteiger partial charge in [0.15, 0.2) is 5.76 Å². The molecule has 0 radical (unpaired) electrons. The standard InChI is InChI=1S/C19H23N3O6S/c1-14-5-6-15(29(25,26)22-7-10-27-11-8-22)12-16(14)20-18(23)13-21(2)19(24)17-4-3-9-28-17/h3-6,9,12H,7-8,10-11,13H2,1-2H3,(H,20,23). The molecule has 1 aliphatic rings. The molecule has 1 aliphatic heterocycles. The molecule has 1 N–H and O–H groups in total. The summed E-state index contributed by atoms with van der Waals surface area (Å²) in [6, 6.07) is 7.70. The van der Waals surface area contributed by atoms with E-state index in [0.29, 0.717) is 24.5 Å². The van der Waals surface area contributed by atoms with Gasteiger partial charge in [-0.05, 0) is 36.8 Å². The van der Waals surface area contributed by atoms with Crippen LogP contribution < -0.4 is 5.32 Å². The van der Waals surface area contributed by atoms with E-state index in [9.17, 15) is 18.0 Å². The number of furan rings is 1. The van der Waals surface area contributed by atoms with E-state index in [0.717, 1.165) is 0 Å². The number of nitrogens with one attached hydrogen (secondary N) is 1. The molecule has 0 aliphatic carbocycles. The number of amides is 2. The highest BCUT2D eigenvalue weighted by atomic mass is 32.2. The number of ether oxygens (including phenoxy) is 1. The van der Waals surface area contributed by atoms with Gasteiger partial charge < -0.3 is 19.4 Å². The van der Waals surface area contributed by atoms with Crippen LogP contribution in [-0.4, -0.2) is 69.3 Å². The Hall–Kier alpha value is -2.69. The summed E-state index contributed by atoms with van der Waals surface area (Å²) in [7, 11) is -2.20. The van der Waals surface area contributed by atoms with Gasteiger partial charge in [-0.15, -0.1) is 0 Å². The molecule has 10 heteroatoms. The quantitative estimate of drug-likeness (QED) is 0.753. The number of carbonyl (C=O) groups excluding carboxylic acids is 2. The van der Waals surface area contributed by atoms with E-state index < -0.39 is 21.8 Å². The zero-order valence-corrected chi connectivity index (χ0v) is 17.1. The predicted molar refractivity (Wildman–Crippen MR) is 105 cm³/mol. The van der Waals surface area contributed by atoms with E-state index in [1.165, 1.54) is 40.7 Å². The van der Waals surface area contributed by atoms with Crippen LogP contribution in [0.5, 0.6) is 0 Å². The molecule has 1 aromatic heterocycles. The van der Waals surface area contributed by atoms with Gasteiger partial charge in [0, 0.05) is 25.8 Å². The summed E-state index contributed by atoms with van der Waals surface area (Å²) in [4.78, 5) is 25.9. The third-order valence-corrected chi connectivity index (χ3v) is 6.45. The molecule has 2 heterocycles. The Bertz CT molecular complexity index is 981. The summed E-state index contributed by atoms with van der Waals surface area (Å²) in [5, 5.41) is 2.69. The number of aryl methyl sites for hydroxylation is 1. The smallest absolute Gasteiger partial charge is 0.289 e. The first-order valence-corrected chi connectivity index (χ1v) is 10.5. The minimum Gasteiger partial charge on any atom is -0.459 e. The molecule has 0 saturated carbocycles. The van der Waals surface area contributed by atoms with Gasteiger partial charge in [-0.1, -0.05) is 6.07 Å². The molecular weight excluding hydrogens is 398 g/mol. The Morgan fingerprint density at radius 2 is 1.93 bits per heavy atom. The average molecular weight is 421 g/mol. The van der Waals surface area contributed by atoms with Gasteiger partial charge in [0.25, 0.3) is 5.91 Å². The molecule has 29 heavy (non-hydrogen) atoms. The third kappa shape index (κ3) is 4.84. The van der Waals surface area contributed by atoms with E-state index in [4.69, 9.17) is 9.15 Å². The van der Waals surface area contributed by atoms with Gasteiger partial charge in [-0.3, -0.25) is 9.59 Å². The molecule has 2 amide bonds. The van der Waals surface area contributed by atoms with Crippen molar-refractivity contribution in [1.82, 2.24) is 9.21 Å². The van der Waals surface area contributed by atoms with Crippen LogP contribution in [0.1, 0.15) is 16.1 Å². The monoisotopic (exact) mass is 421 g/mol. The molecule has 3 rings (SSSR count). The van der Waals surface area contributed by atoms with Crippen molar-refractivity contribution < 1.29 is 27.2 Å². The Morgan fingerprint density at radius 3 is 2.59 bits per heavy atom. The number of benzene rings is 1. The van der Waals surface area contributed by atoms with Crippen LogP contribution in [0.25, 0.3) is 0 Å². The van der Waals surface area contributed by atoms with Crippen LogP contribution in [-0.2, 0) is 19.6 Å². The number of morpholine rings is 1. The lowest BCUT2D eigenvalue weighted by molar-refractivity contribution is -0.116. The number of hydrogen-bond donors (Lipinski definition) is 1. The fourth-order valence-corrected chi connectivity index (χ4v) is 4.33. The van der Waals surface area contributed by atoms with Crippen LogP contribution in [0, 0.1) is 6.92 Å². The molecule has 2 aromatic rings. The molecule has 0 atom stereocenters. The molecule has 0 bridgehead atoms. The fourth-order valence-electron chi connectivity index (χ4n) is 2.90. The molecular formula is C19H23N3O6S. The van der Waals surface area contributed by atoms with E-state index >= 15 is 0 Å². The van der Waals surface area contributed by atoms with Gasteiger partial charge in [-0.25, -0.2) is 8.42 Å². The number of nitrogens with zero attached hydrogens (tertiary/aromatic N) is 2. The molecule has 1 saturated heterocycles. The molecule has 0 unspecified atom stereocenters. The highest BCUT2D eigenvalue weighted by Crippen LogP contribution is 2.23.